The molecule has 0 aromatic carbocycles. The molecule has 0 amide bonds. The summed E-state index contributed by atoms with van der Waals surface area (Å²) in [5, 5.41) is 10.7. The topological polar surface area (TPSA) is 23.1 Å². The lowest BCUT2D eigenvalue weighted by Gasteiger charge is -2.50. The van der Waals surface area contributed by atoms with Gasteiger partial charge in [-0.25, -0.2) is 0 Å². The van der Waals surface area contributed by atoms with Gasteiger partial charge in [-0.1, -0.05) is 6.92 Å². The SMILES string of the molecule is CC1C[N+](C)([O-])C1. The fraction of sp³-hybridized carbons (Fsp3) is 1.00. The lowest BCUT2D eigenvalue weighted by Crippen LogP contribution is -2.55. The minimum absolute atomic E-state index is 0.0127. The predicted molar refractivity (Wildman–Crippen MR) is 28.4 cm³/mol. The van der Waals surface area contributed by atoms with E-state index in [9.17, 15) is 5.21 Å². The van der Waals surface area contributed by atoms with E-state index >= 15 is 0 Å². The third-order valence-corrected chi connectivity index (χ3v) is 1.40. The number of quaternary nitrogens is 1. The molecular weight excluding hydrogens is 90.1 g/mol. The Hall–Kier alpha value is -0.0800. The molecule has 0 unspecified atom stereocenters. The largest absolute Gasteiger partial charge is 0.633 e. The Morgan fingerprint density at radius 1 is 1.57 bits per heavy atom. The third kappa shape index (κ3) is 0.924. The summed E-state index contributed by atoms with van der Waals surface area (Å²) in [5.74, 6) is 0.669. The van der Waals surface area contributed by atoms with Crippen molar-refractivity contribution < 1.29 is 4.65 Å². The van der Waals surface area contributed by atoms with Crippen molar-refractivity contribution in [1.29, 1.82) is 0 Å². The number of hydrogen-bond acceptors (Lipinski definition) is 1. The maximum absolute atomic E-state index is 10.7. The zero-order valence-corrected chi connectivity index (χ0v) is 4.85. The highest BCUT2D eigenvalue weighted by Crippen LogP contribution is 2.19. The van der Waals surface area contributed by atoms with E-state index in [-0.39, 0.29) is 4.65 Å². The summed E-state index contributed by atoms with van der Waals surface area (Å²) in [7, 11) is 1.72. The first-order valence-corrected chi connectivity index (χ1v) is 2.66. The average molecular weight is 101 g/mol. The van der Waals surface area contributed by atoms with Crippen LogP contribution in [0.2, 0.25) is 0 Å². The molecule has 1 saturated heterocycles. The van der Waals surface area contributed by atoms with Crippen molar-refractivity contribution in [2.45, 2.75) is 6.92 Å². The molecule has 1 aliphatic heterocycles. The van der Waals surface area contributed by atoms with Crippen LogP contribution in [0.25, 0.3) is 0 Å². The Balaban J connectivity index is 2.29. The van der Waals surface area contributed by atoms with Crippen LogP contribution in [0.4, 0.5) is 0 Å². The second kappa shape index (κ2) is 1.20. The average Bonchev–Trinajstić information content (AvgIpc) is 1.27. The van der Waals surface area contributed by atoms with Gasteiger partial charge >= 0.3 is 0 Å². The van der Waals surface area contributed by atoms with Crippen LogP contribution in [0, 0.1) is 11.1 Å². The van der Waals surface area contributed by atoms with Gasteiger partial charge in [0.15, 0.2) is 0 Å². The number of nitrogens with zero attached hydrogens (tertiary/aromatic N) is 1. The molecule has 1 heterocycles. The van der Waals surface area contributed by atoms with E-state index in [1.165, 1.54) is 0 Å². The molecule has 2 heteroatoms. The summed E-state index contributed by atoms with van der Waals surface area (Å²) in [6.07, 6.45) is 0. The number of rotatable bonds is 0. The minimum atomic E-state index is -0.0127. The first-order valence-electron chi connectivity index (χ1n) is 2.66. The molecule has 1 rings (SSSR count). The summed E-state index contributed by atoms with van der Waals surface area (Å²) < 4.78 is -0.0127. The van der Waals surface area contributed by atoms with E-state index in [1.807, 2.05) is 0 Å². The van der Waals surface area contributed by atoms with Gasteiger partial charge in [-0.15, -0.1) is 0 Å². The van der Waals surface area contributed by atoms with Crippen LogP contribution in [0.5, 0.6) is 0 Å². The summed E-state index contributed by atoms with van der Waals surface area (Å²) in [6.45, 7) is 3.75. The van der Waals surface area contributed by atoms with Crippen LogP contribution in [-0.4, -0.2) is 24.8 Å². The summed E-state index contributed by atoms with van der Waals surface area (Å²) in [4.78, 5) is 0. The third-order valence-electron chi connectivity index (χ3n) is 1.40. The summed E-state index contributed by atoms with van der Waals surface area (Å²) in [6, 6.07) is 0. The van der Waals surface area contributed by atoms with Gasteiger partial charge in [0.05, 0.1) is 26.1 Å². The summed E-state index contributed by atoms with van der Waals surface area (Å²) in [5.41, 5.74) is 0. The van der Waals surface area contributed by atoms with Crippen LogP contribution in [-0.2, 0) is 0 Å². The molecule has 0 N–H and O–H groups in total. The fourth-order valence-corrected chi connectivity index (χ4v) is 1.27. The van der Waals surface area contributed by atoms with Crippen molar-refractivity contribution in [3.63, 3.8) is 0 Å². The van der Waals surface area contributed by atoms with Gasteiger partial charge in [0.25, 0.3) is 0 Å². The highest BCUT2D eigenvalue weighted by atomic mass is 16.5. The highest BCUT2D eigenvalue weighted by molar-refractivity contribution is 4.61. The molecule has 2 nitrogen and oxygen atoms in total. The summed E-state index contributed by atoms with van der Waals surface area (Å²) >= 11 is 0. The monoisotopic (exact) mass is 101 g/mol. The van der Waals surface area contributed by atoms with E-state index < -0.39 is 0 Å². The fourth-order valence-electron chi connectivity index (χ4n) is 1.27. The Kier molecular flexibility index (Phi) is 0.869. The molecule has 1 aliphatic rings. The molecule has 0 spiro atoms. The maximum Gasteiger partial charge on any atom is 0.0862 e. The number of likely N-dealkylation sites (tertiary alicyclic amines) is 1. The van der Waals surface area contributed by atoms with E-state index in [0.29, 0.717) is 5.92 Å². The quantitative estimate of drug-likeness (QED) is 0.323. The Morgan fingerprint density at radius 3 is 2.00 bits per heavy atom. The van der Waals surface area contributed by atoms with Crippen LogP contribution in [0.1, 0.15) is 6.92 Å². The van der Waals surface area contributed by atoms with Crippen LogP contribution in [0.15, 0.2) is 0 Å². The van der Waals surface area contributed by atoms with E-state index in [2.05, 4.69) is 6.92 Å². The van der Waals surface area contributed by atoms with Gasteiger partial charge in [-0.05, 0) is 0 Å². The van der Waals surface area contributed by atoms with Gasteiger partial charge in [0.2, 0.25) is 0 Å². The second-order valence-electron chi connectivity index (χ2n) is 2.77. The highest BCUT2D eigenvalue weighted by Gasteiger charge is 2.28. The normalized spacial score (nSPS) is 51.0. The first-order chi connectivity index (χ1) is 3.10. The van der Waals surface area contributed by atoms with Gasteiger partial charge in [0, 0.05) is 0 Å². The van der Waals surface area contributed by atoms with Crippen molar-refractivity contribution in [3.8, 4) is 0 Å². The minimum Gasteiger partial charge on any atom is -0.633 e. The van der Waals surface area contributed by atoms with Crippen molar-refractivity contribution in [2.24, 2.45) is 5.92 Å². The standard InChI is InChI=1S/C5H11NO/c1-5-3-6(2,7)4-5/h5H,3-4H2,1-2H3. The zero-order valence-electron chi connectivity index (χ0n) is 4.85. The van der Waals surface area contributed by atoms with Crippen molar-refractivity contribution in [3.05, 3.63) is 5.21 Å². The van der Waals surface area contributed by atoms with Crippen LogP contribution < -0.4 is 0 Å². The van der Waals surface area contributed by atoms with Gasteiger partial charge in [0.1, 0.15) is 0 Å². The van der Waals surface area contributed by atoms with Crippen LogP contribution in [0.3, 0.4) is 0 Å². The lowest BCUT2D eigenvalue weighted by molar-refractivity contribution is -0.910. The molecule has 7 heavy (non-hydrogen) atoms. The molecule has 0 atom stereocenters. The Bertz CT molecular complexity index is 72.1. The van der Waals surface area contributed by atoms with E-state index in [0.717, 1.165) is 13.1 Å². The number of hydrogen-bond donors (Lipinski definition) is 0. The van der Waals surface area contributed by atoms with Crippen molar-refractivity contribution >= 4 is 0 Å². The Labute approximate surface area is 43.9 Å². The van der Waals surface area contributed by atoms with Gasteiger partial charge < -0.3 is 9.85 Å². The molecule has 0 aromatic heterocycles. The van der Waals surface area contributed by atoms with Crippen molar-refractivity contribution in [2.75, 3.05) is 20.1 Å². The van der Waals surface area contributed by atoms with Gasteiger partial charge in [-0.3, -0.25) is 0 Å². The molecular formula is C5H11NO. The smallest absolute Gasteiger partial charge is 0.0862 e. The Morgan fingerprint density at radius 2 is 2.00 bits per heavy atom. The molecule has 0 bridgehead atoms. The molecule has 0 radical (unpaired) electrons. The first kappa shape index (κ1) is 5.06. The molecule has 42 valence electrons. The zero-order chi connectivity index (χ0) is 5.49. The maximum atomic E-state index is 10.7. The molecule has 0 aliphatic carbocycles. The predicted octanol–water partition coefficient (Wildman–Crippen LogP) is 0.580. The van der Waals surface area contributed by atoms with Gasteiger partial charge in [-0.2, -0.15) is 0 Å². The molecule has 1 fully saturated rings. The second-order valence-corrected chi connectivity index (χ2v) is 2.77. The lowest BCUT2D eigenvalue weighted by atomic mass is 10.0. The van der Waals surface area contributed by atoms with E-state index in [4.69, 9.17) is 0 Å². The molecule has 0 aromatic rings. The molecule has 0 saturated carbocycles. The van der Waals surface area contributed by atoms with Crippen LogP contribution >= 0.6 is 0 Å². The number of hydroxylamine groups is 3. The van der Waals surface area contributed by atoms with E-state index in [1.54, 1.807) is 7.05 Å². The van der Waals surface area contributed by atoms with Crippen molar-refractivity contribution in [1.82, 2.24) is 0 Å².